The molecule has 7 heteroatoms. The van der Waals surface area contributed by atoms with Crippen LogP contribution in [0.3, 0.4) is 0 Å². The van der Waals surface area contributed by atoms with Gasteiger partial charge in [0, 0.05) is 17.3 Å². The summed E-state index contributed by atoms with van der Waals surface area (Å²) in [4.78, 5) is 10.9. The summed E-state index contributed by atoms with van der Waals surface area (Å²) in [5.74, 6) is -1.20. The number of carbonyl (C=O) groups excluding carboxylic acids is 1. The highest BCUT2D eigenvalue weighted by atomic mass is 32.2. The molecule has 0 unspecified atom stereocenters. The van der Waals surface area contributed by atoms with Crippen molar-refractivity contribution in [3.8, 4) is 11.3 Å². The van der Waals surface area contributed by atoms with E-state index in [0.29, 0.717) is 6.29 Å². The first kappa shape index (κ1) is 16.1. The number of halogens is 2. The van der Waals surface area contributed by atoms with E-state index in [1.807, 2.05) is 0 Å². The second kappa shape index (κ2) is 6.01. The van der Waals surface area contributed by atoms with Crippen LogP contribution in [0.15, 0.2) is 65.7 Å². The fraction of sp³-hybridized carbons (Fsp3) is 0. The Bertz CT molecular complexity index is 1010. The average molecular weight is 347 g/mol. The van der Waals surface area contributed by atoms with Gasteiger partial charge in [0.05, 0.1) is 10.6 Å². The predicted octanol–water partition coefficient (Wildman–Crippen LogP) is 3.48. The first-order valence-corrected chi connectivity index (χ1v) is 8.31. The number of benzene rings is 2. The second-order valence-corrected chi connectivity index (χ2v) is 6.83. The maximum Gasteiger partial charge on any atom is 0.268 e. The van der Waals surface area contributed by atoms with E-state index in [1.165, 1.54) is 24.3 Å². The van der Waals surface area contributed by atoms with Gasteiger partial charge in [-0.25, -0.2) is 21.2 Å². The fourth-order valence-corrected chi connectivity index (χ4v) is 3.69. The summed E-state index contributed by atoms with van der Waals surface area (Å²) >= 11 is 0. The van der Waals surface area contributed by atoms with Gasteiger partial charge in [0.1, 0.15) is 11.6 Å². The van der Waals surface area contributed by atoms with Crippen LogP contribution in [0.5, 0.6) is 0 Å². The van der Waals surface area contributed by atoms with Crippen molar-refractivity contribution in [1.29, 1.82) is 0 Å². The van der Waals surface area contributed by atoms with Gasteiger partial charge in [0.25, 0.3) is 10.0 Å². The first-order valence-electron chi connectivity index (χ1n) is 6.87. The summed E-state index contributed by atoms with van der Waals surface area (Å²) in [5, 5.41) is 0. The van der Waals surface area contributed by atoms with Gasteiger partial charge in [0.15, 0.2) is 6.29 Å². The van der Waals surface area contributed by atoms with Crippen molar-refractivity contribution in [3.63, 3.8) is 0 Å². The van der Waals surface area contributed by atoms with E-state index in [0.717, 1.165) is 34.4 Å². The molecule has 0 aliphatic carbocycles. The highest BCUT2D eigenvalue weighted by Crippen LogP contribution is 2.28. The zero-order chi connectivity index (χ0) is 17.3. The largest absolute Gasteiger partial charge is 0.298 e. The van der Waals surface area contributed by atoms with Crippen LogP contribution < -0.4 is 0 Å². The van der Waals surface area contributed by atoms with Gasteiger partial charge >= 0.3 is 0 Å². The fourth-order valence-electron chi connectivity index (χ4n) is 2.31. The molecule has 0 saturated heterocycles. The van der Waals surface area contributed by atoms with Crippen LogP contribution >= 0.6 is 0 Å². The summed E-state index contributed by atoms with van der Waals surface area (Å²) in [7, 11) is -4.12. The van der Waals surface area contributed by atoms with Crippen LogP contribution in [0.1, 0.15) is 10.4 Å². The summed E-state index contributed by atoms with van der Waals surface area (Å²) in [6.45, 7) is 0. The van der Waals surface area contributed by atoms with Crippen molar-refractivity contribution in [2.45, 2.75) is 4.90 Å². The zero-order valence-electron chi connectivity index (χ0n) is 12.2. The van der Waals surface area contributed by atoms with E-state index < -0.39 is 21.7 Å². The van der Waals surface area contributed by atoms with Crippen molar-refractivity contribution in [2.24, 2.45) is 0 Å². The maximum atomic E-state index is 14.1. The molecule has 0 radical (unpaired) electrons. The maximum absolute atomic E-state index is 14.1. The summed E-state index contributed by atoms with van der Waals surface area (Å²) < 4.78 is 53.5. The van der Waals surface area contributed by atoms with E-state index in [4.69, 9.17) is 0 Å². The molecule has 3 aromatic rings. The van der Waals surface area contributed by atoms with Crippen LogP contribution in [0.2, 0.25) is 0 Å². The molecule has 0 N–H and O–H groups in total. The molecule has 0 aliphatic heterocycles. The number of nitrogens with zero attached hydrogens (tertiary/aromatic N) is 1. The molecule has 24 heavy (non-hydrogen) atoms. The lowest BCUT2D eigenvalue weighted by Crippen LogP contribution is -2.13. The third-order valence-electron chi connectivity index (χ3n) is 3.46. The van der Waals surface area contributed by atoms with Gasteiger partial charge in [-0.15, -0.1) is 0 Å². The molecule has 0 aliphatic rings. The Kier molecular flexibility index (Phi) is 4.02. The van der Waals surface area contributed by atoms with Gasteiger partial charge in [0.2, 0.25) is 0 Å². The Hall–Kier alpha value is -2.80. The minimum Gasteiger partial charge on any atom is -0.298 e. The molecule has 122 valence electrons. The minimum absolute atomic E-state index is 0.0134. The zero-order valence-corrected chi connectivity index (χ0v) is 13.0. The highest BCUT2D eigenvalue weighted by molar-refractivity contribution is 7.90. The second-order valence-electron chi connectivity index (χ2n) is 5.01. The van der Waals surface area contributed by atoms with Gasteiger partial charge in [-0.1, -0.05) is 12.1 Å². The van der Waals surface area contributed by atoms with Crippen molar-refractivity contribution in [3.05, 3.63) is 78.0 Å². The Morgan fingerprint density at radius 2 is 1.62 bits per heavy atom. The molecule has 0 spiro atoms. The normalized spacial score (nSPS) is 11.4. The quantitative estimate of drug-likeness (QED) is 0.679. The first-order chi connectivity index (χ1) is 11.4. The molecule has 0 saturated carbocycles. The topological polar surface area (TPSA) is 56.1 Å². The number of aldehydes is 1. The number of carbonyl (C=O) groups is 1. The van der Waals surface area contributed by atoms with E-state index in [1.54, 1.807) is 6.07 Å². The molecule has 0 atom stereocenters. The standard InChI is InChI=1S/C17H11F2NO3S/c18-13-5-7-14(8-6-13)24(22,23)20-10-12(11-21)9-17(20)15-3-1-2-4-16(15)19/h1-11H. The third-order valence-corrected chi connectivity index (χ3v) is 5.15. The summed E-state index contributed by atoms with van der Waals surface area (Å²) in [5.41, 5.74) is 0.134. The Morgan fingerprint density at radius 1 is 0.958 bits per heavy atom. The van der Waals surface area contributed by atoms with E-state index in [9.17, 15) is 22.0 Å². The lowest BCUT2D eigenvalue weighted by Gasteiger charge is -2.11. The smallest absolute Gasteiger partial charge is 0.268 e. The van der Waals surface area contributed by atoms with Crippen LogP contribution in [0.4, 0.5) is 8.78 Å². The molecular formula is C17H11F2NO3S. The lowest BCUT2D eigenvalue weighted by molar-refractivity contribution is 0.112. The Labute approximate surface area is 137 Å². The molecule has 0 amide bonds. The Balaban J connectivity index is 2.24. The number of rotatable bonds is 4. The molecule has 1 aromatic heterocycles. The number of hydrogen-bond donors (Lipinski definition) is 0. The molecular weight excluding hydrogens is 336 g/mol. The van der Waals surface area contributed by atoms with Crippen molar-refractivity contribution < 1.29 is 22.0 Å². The van der Waals surface area contributed by atoms with Crippen molar-refractivity contribution in [1.82, 2.24) is 3.97 Å². The highest BCUT2D eigenvalue weighted by Gasteiger charge is 2.23. The molecule has 2 aromatic carbocycles. The lowest BCUT2D eigenvalue weighted by atomic mass is 10.1. The van der Waals surface area contributed by atoms with Crippen LogP contribution in [-0.2, 0) is 10.0 Å². The van der Waals surface area contributed by atoms with E-state index in [2.05, 4.69) is 0 Å². The Morgan fingerprint density at radius 3 is 2.25 bits per heavy atom. The summed E-state index contributed by atoms with van der Waals surface area (Å²) in [6.07, 6.45) is 1.58. The van der Waals surface area contributed by atoms with Gasteiger partial charge in [-0.2, -0.15) is 0 Å². The van der Waals surface area contributed by atoms with Crippen molar-refractivity contribution >= 4 is 16.3 Å². The van der Waals surface area contributed by atoms with Crippen LogP contribution in [-0.4, -0.2) is 18.7 Å². The SMILES string of the molecule is O=Cc1cc(-c2ccccc2F)n(S(=O)(=O)c2ccc(F)cc2)c1. The predicted molar refractivity (Wildman–Crippen MR) is 84.2 cm³/mol. The van der Waals surface area contributed by atoms with Crippen LogP contribution in [0, 0.1) is 11.6 Å². The molecule has 0 fully saturated rings. The molecule has 4 nitrogen and oxygen atoms in total. The van der Waals surface area contributed by atoms with Gasteiger partial charge < -0.3 is 0 Å². The van der Waals surface area contributed by atoms with Gasteiger partial charge in [-0.05, 0) is 42.5 Å². The van der Waals surface area contributed by atoms with E-state index in [-0.39, 0.29) is 21.7 Å². The average Bonchev–Trinajstić information content (AvgIpc) is 3.01. The monoisotopic (exact) mass is 347 g/mol. The third kappa shape index (κ3) is 2.74. The molecule has 1 heterocycles. The van der Waals surface area contributed by atoms with E-state index >= 15 is 0 Å². The van der Waals surface area contributed by atoms with Crippen LogP contribution in [0.25, 0.3) is 11.3 Å². The number of aromatic nitrogens is 1. The summed E-state index contributed by atoms with van der Waals surface area (Å²) in [6, 6.07) is 11.2. The number of hydrogen-bond acceptors (Lipinski definition) is 3. The molecule has 3 rings (SSSR count). The minimum atomic E-state index is -4.12. The molecule has 0 bridgehead atoms. The van der Waals surface area contributed by atoms with Crippen molar-refractivity contribution in [2.75, 3.05) is 0 Å². The van der Waals surface area contributed by atoms with Gasteiger partial charge in [-0.3, -0.25) is 4.79 Å².